The van der Waals surface area contributed by atoms with E-state index in [1.807, 2.05) is 42.5 Å². The molecule has 2 aliphatic rings. The summed E-state index contributed by atoms with van der Waals surface area (Å²) in [5, 5.41) is 13.0. The van der Waals surface area contributed by atoms with E-state index in [0.29, 0.717) is 28.3 Å². The van der Waals surface area contributed by atoms with Gasteiger partial charge in [-0.05, 0) is 47.5 Å². The van der Waals surface area contributed by atoms with E-state index in [0.717, 1.165) is 4.90 Å². The number of anilines is 2. The number of non-ortho nitro benzene ring substituents is 1. The number of imide groups is 1. The first-order valence-electron chi connectivity index (χ1n) is 12.3. The first kappa shape index (κ1) is 24.3. The van der Waals surface area contributed by atoms with Crippen molar-refractivity contribution in [2.24, 2.45) is 0 Å². The van der Waals surface area contributed by atoms with Crippen molar-refractivity contribution in [2.45, 2.75) is 17.6 Å². The second-order valence-electron chi connectivity index (χ2n) is 9.31. The number of nitro groups is 1. The molecule has 6 rings (SSSR count). The Morgan fingerprint density at radius 2 is 1.41 bits per heavy atom. The van der Waals surface area contributed by atoms with Crippen molar-refractivity contribution in [3.63, 3.8) is 0 Å². The van der Waals surface area contributed by atoms with Gasteiger partial charge >= 0.3 is 0 Å². The smallest absolute Gasteiger partial charge is 0.269 e. The molecule has 4 aromatic rings. The molecule has 194 valence electrons. The number of amides is 2. The summed E-state index contributed by atoms with van der Waals surface area (Å²) in [4.78, 5) is 47.2. The minimum absolute atomic E-state index is 0.122. The van der Waals surface area contributed by atoms with Crippen LogP contribution in [0.3, 0.4) is 0 Å². The second kappa shape index (κ2) is 9.38. The zero-order valence-corrected chi connectivity index (χ0v) is 20.8. The first-order chi connectivity index (χ1) is 19.0. The molecule has 3 atom stereocenters. The molecule has 0 radical (unpaired) electrons. The lowest BCUT2D eigenvalue weighted by Gasteiger charge is -2.35. The maximum Gasteiger partial charge on any atom is 0.269 e. The number of benzene rings is 4. The Morgan fingerprint density at radius 3 is 1.97 bits per heavy atom. The van der Waals surface area contributed by atoms with Crippen molar-refractivity contribution >= 4 is 28.9 Å². The second-order valence-corrected chi connectivity index (χ2v) is 9.31. The van der Waals surface area contributed by atoms with Crippen LogP contribution in [0.15, 0.2) is 109 Å². The van der Waals surface area contributed by atoms with E-state index in [-0.39, 0.29) is 5.69 Å². The molecule has 2 amide bonds. The molecule has 0 aromatic heterocycles. The summed E-state index contributed by atoms with van der Waals surface area (Å²) < 4.78 is 5.35. The zero-order chi connectivity index (χ0) is 27.1. The summed E-state index contributed by atoms with van der Waals surface area (Å²) in [6, 6.07) is 30.1. The summed E-state index contributed by atoms with van der Waals surface area (Å²) in [5.41, 5.74) is 0.549. The van der Waals surface area contributed by atoms with Gasteiger partial charge in [-0.1, -0.05) is 60.7 Å². The van der Waals surface area contributed by atoms with E-state index >= 15 is 0 Å². The van der Waals surface area contributed by atoms with Crippen LogP contribution in [0.1, 0.15) is 17.2 Å². The minimum atomic E-state index is -1.55. The predicted molar refractivity (Wildman–Crippen MR) is 143 cm³/mol. The maximum atomic E-state index is 14.7. The number of ether oxygens (including phenoxy) is 1. The van der Waals surface area contributed by atoms with Crippen molar-refractivity contribution in [2.75, 3.05) is 17.1 Å². The Hall–Kier alpha value is -5.02. The van der Waals surface area contributed by atoms with Crippen molar-refractivity contribution in [3.8, 4) is 5.75 Å². The molecular formula is C30H23N3O6. The Balaban J connectivity index is 1.62. The number of para-hydroxylation sites is 2. The molecule has 4 aromatic carbocycles. The van der Waals surface area contributed by atoms with Gasteiger partial charge in [-0.3, -0.25) is 24.5 Å². The fourth-order valence-electron chi connectivity index (χ4n) is 5.54. The van der Waals surface area contributed by atoms with Crippen LogP contribution in [0, 0.1) is 10.1 Å². The van der Waals surface area contributed by atoms with E-state index in [9.17, 15) is 19.7 Å². The van der Waals surface area contributed by atoms with Gasteiger partial charge in [0.1, 0.15) is 17.2 Å². The van der Waals surface area contributed by atoms with Crippen LogP contribution in [0.4, 0.5) is 17.1 Å². The normalized spacial score (nSPS) is 22.2. The Morgan fingerprint density at radius 1 is 0.821 bits per heavy atom. The number of nitro benzene ring substituents is 1. The van der Waals surface area contributed by atoms with E-state index in [2.05, 4.69) is 0 Å². The van der Waals surface area contributed by atoms with Gasteiger partial charge in [0.2, 0.25) is 5.91 Å². The number of carbonyl (C=O) groups excluding carboxylic acids is 2. The third-order valence-electron chi connectivity index (χ3n) is 7.31. The van der Waals surface area contributed by atoms with E-state index in [1.54, 1.807) is 66.8 Å². The highest BCUT2D eigenvalue weighted by atomic mass is 16.7. The Bertz CT molecular complexity index is 1540. The van der Waals surface area contributed by atoms with Gasteiger partial charge < -0.3 is 4.74 Å². The maximum absolute atomic E-state index is 14.7. The van der Waals surface area contributed by atoms with Gasteiger partial charge in [-0.2, -0.15) is 0 Å². The molecule has 0 unspecified atom stereocenters. The van der Waals surface area contributed by atoms with Crippen LogP contribution in [0.5, 0.6) is 5.75 Å². The van der Waals surface area contributed by atoms with Crippen molar-refractivity contribution in [1.82, 2.24) is 0 Å². The molecule has 2 saturated heterocycles. The largest absolute Gasteiger partial charge is 0.497 e. The van der Waals surface area contributed by atoms with Crippen molar-refractivity contribution in [1.29, 1.82) is 0 Å². The molecular weight excluding hydrogens is 498 g/mol. The number of hydroxylamine groups is 1. The Labute approximate surface area is 223 Å². The van der Waals surface area contributed by atoms with E-state index < -0.39 is 34.3 Å². The van der Waals surface area contributed by atoms with Gasteiger partial charge in [-0.25, -0.2) is 9.96 Å². The third-order valence-corrected chi connectivity index (χ3v) is 7.31. The number of hydrogen-bond acceptors (Lipinski definition) is 7. The standard InChI is InChI=1S/C30H23N3O6/c1-38-25-18-12-20(13-19-25)26-30(21-14-16-24(17-15-21)33(36)37)27(39-32(26)23-10-6-3-7-11-23)28(34)31(29(30)35)22-8-4-2-5-9-22/h2-19,26-27H,1H3/t26-,27-,30+/m1/s1. The molecule has 9 heteroatoms. The lowest BCUT2D eigenvalue weighted by Crippen LogP contribution is -2.46. The highest BCUT2D eigenvalue weighted by Gasteiger charge is 2.72. The highest BCUT2D eigenvalue weighted by molar-refractivity contribution is 6.28. The summed E-state index contributed by atoms with van der Waals surface area (Å²) in [6.45, 7) is 0. The molecule has 0 spiro atoms. The fourth-order valence-corrected chi connectivity index (χ4v) is 5.54. The van der Waals surface area contributed by atoms with Gasteiger partial charge in [-0.15, -0.1) is 0 Å². The van der Waals surface area contributed by atoms with Crippen LogP contribution in [0.25, 0.3) is 0 Å². The van der Waals surface area contributed by atoms with Crippen LogP contribution >= 0.6 is 0 Å². The van der Waals surface area contributed by atoms with Gasteiger partial charge in [0.05, 0.1) is 23.4 Å². The molecule has 0 aliphatic carbocycles. The lowest BCUT2D eigenvalue weighted by molar-refractivity contribution is -0.384. The molecule has 39 heavy (non-hydrogen) atoms. The van der Waals surface area contributed by atoms with E-state index in [1.165, 1.54) is 12.1 Å². The first-order valence-corrected chi connectivity index (χ1v) is 12.3. The highest BCUT2D eigenvalue weighted by Crippen LogP contribution is 2.57. The zero-order valence-electron chi connectivity index (χ0n) is 20.8. The SMILES string of the molecule is COc1ccc([C@H]2N(c3ccccc3)O[C@@H]3C(=O)N(c4ccccc4)C(=O)[C@]32c2ccc([N+](=O)[O-])cc2)cc1. The molecule has 0 saturated carbocycles. The number of rotatable bonds is 6. The van der Waals surface area contributed by atoms with E-state index in [4.69, 9.17) is 9.57 Å². The van der Waals surface area contributed by atoms with Crippen LogP contribution in [-0.4, -0.2) is 30.0 Å². The quantitative estimate of drug-likeness (QED) is 0.200. The monoisotopic (exact) mass is 521 g/mol. The molecule has 0 bridgehead atoms. The molecule has 2 aliphatic heterocycles. The number of fused-ring (bicyclic) bond motifs is 1. The van der Waals surface area contributed by atoms with Crippen molar-refractivity contribution in [3.05, 3.63) is 130 Å². The van der Waals surface area contributed by atoms with Gasteiger partial charge in [0.25, 0.3) is 11.6 Å². The topological polar surface area (TPSA) is 102 Å². The van der Waals surface area contributed by atoms with Crippen molar-refractivity contribution < 1.29 is 24.1 Å². The number of carbonyl (C=O) groups is 2. The van der Waals surface area contributed by atoms with Crippen LogP contribution < -0.4 is 14.7 Å². The summed E-state index contributed by atoms with van der Waals surface area (Å²) in [7, 11) is 1.56. The minimum Gasteiger partial charge on any atom is -0.497 e. The fraction of sp³-hybridized carbons (Fsp3) is 0.133. The molecule has 0 N–H and O–H groups in total. The Kier molecular flexibility index (Phi) is 5.85. The predicted octanol–water partition coefficient (Wildman–Crippen LogP) is 4.98. The average Bonchev–Trinajstić information content (AvgIpc) is 3.45. The summed E-state index contributed by atoms with van der Waals surface area (Å²) in [5.74, 6) is -0.358. The third kappa shape index (κ3) is 3.66. The van der Waals surface area contributed by atoms with Gasteiger partial charge in [0, 0.05) is 12.1 Å². The van der Waals surface area contributed by atoms with Crippen LogP contribution in [-0.2, 0) is 19.8 Å². The number of nitrogens with zero attached hydrogens (tertiary/aromatic N) is 3. The van der Waals surface area contributed by atoms with Crippen LogP contribution in [0.2, 0.25) is 0 Å². The number of hydrogen-bond donors (Lipinski definition) is 0. The number of methoxy groups -OCH3 is 1. The summed E-state index contributed by atoms with van der Waals surface area (Å²) >= 11 is 0. The van der Waals surface area contributed by atoms with Gasteiger partial charge in [0.15, 0.2) is 6.10 Å². The lowest BCUT2D eigenvalue weighted by atomic mass is 9.69. The molecule has 2 fully saturated rings. The molecule has 2 heterocycles. The summed E-state index contributed by atoms with van der Waals surface area (Å²) in [6.07, 6.45) is -1.22. The average molecular weight is 522 g/mol. The molecule has 9 nitrogen and oxygen atoms in total.